The van der Waals surface area contributed by atoms with Gasteiger partial charge in [-0.15, -0.1) is 0 Å². The van der Waals surface area contributed by atoms with Crippen LogP contribution in [0.5, 0.6) is 0 Å². The zero-order valence-corrected chi connectivity index (χ0v) is 9.82. The molecule has 0 aliphatic rings. The van der Waals surface area contributed by atoms with Gasteiger partial charge in [-0.2, -0.15) is 0 Å². The van der Waals surface area contributed by atoms with Crippen molar-refractivity contribution in [2.24, 2.45) is 10.9 Å². The summed E-state index contributed by atoms with van der Waals surface area (Å²) >= 11 is 0. The van der Waals surface area contributed by atoms with Crippen LogP contribution in [0.25, 0.3) is 0 Å². The van der Waals surface area contributed by atoms with E-state index in [1.54, 1.807) is 0 Å². The molecule has 1 unspecified atom stereocenters. The maximum Gasteiger partial charge on any atom is 0.140 e. The van der Waals surface area contributed by atoms with E-state index < -0.39 is 0 Å². The van der Waals surface area contributed by atoms with Crippen molar-refractivity contribution < 1.29 is 9.73 Å². The zero-order valence-electron chi connectivity index (χ0n) is 9.82. The molecule has 6 heteroatoms. The summed E-state index contributed by atoms with van der Waals surface area (Å²) in [5, 5.41) is 18.4. The molecule has 6 nitrogen and oxygen atoms in total. The Kier molecular flexibility index (Phi) is 4.30. The van der Waals surface area contributed by atoms with Gasteiger partial charge in [0.2, 0.25) is 0 Å². The fourth-order valence-electron chi connectivity index (χ4n) is 1.68. The van der Waals surface area contributed by atoms with Crippen molar-refractivity contribution in [2.75, 3.05) is 6.54 Å². The molecule has 0 bridgehead atoms. The summed E-state index contributed by atoms with van der Waals surface area (Å²) in [4.78, 5) is 0. The van der Waals surface area contributed by atoms with Crippen molar-refractivity contribution in [3.63, 3.8) is 0 Å². The van der Waals surface area contributed by atoms with Crippen molar-refractivity contribution in [2.45, 2.75) is 33.2 Å². The number of aryl methyl sites for hydroxylation is 2. The topological polar surface area (TPSA) is 96.7 Å². The van der Waals surface area contributed by atoms with Gasteiger partial charge in [0.1, 0.15) is 11.6 Å². The van der Waals surface area contributed by atoms with E-state index in [0.717, 1.165) is 17.0 Å². The monoisotopic (exact) mass is 226 g/mol. The lowest BCUT2D eigenvalue weighted by Gasteiger charge is -2.12. The maximum absolute atomic E-state index is 8.38. The van der Waals surface area contributed by atoms with E-state index in [0.29, 0.717) is 13.0 Å². The van der Waals surface area contributed by atoms with Crippen LogP contribution in [0, 0.1) is 13.8 Å². The summed E-state index contributed by atoms with van der Waals surface area (Å²) in [6.45, 7) is 6.46. The second-order valence-corrected chi connectivity index (χ2v) is 3.75. The SMILES string of the molecule is Cc1noc(C)c1C(C)NCCC(N)=NO. The largest absolute Gasteiger partial charge is 0.409 e. The highest BCUT2D eigenvalue weighted by atomic mass is 16.5. The molecule has 1 rings (SSSR count). The minimum Gasteiger partial charge on any atom is -0.409 e. The van der Waals surface area contributed by atoms with Crippen LogP contribution in [0.2, 0.25) is 0 Å². The highest BCUT2D eigenvalue weighted by Gasteiger charge is 2.15. The van der Waals surface area contributed by atoms with Crippen LogP contribution in [-0.4, -0.2) is 22.7 Å². The van der Waals surface area contributed by atoms with Gasteiger partial charge >= 0.3 is 0 Å². The van der Waals surface area contributed by atoms with E-state index in [-0.39, 0.29) is 11.9 Å². The predicted molar refractivity (Wildman–Crippen MR) is 60.4 cm³/mol. The zero-order chi connectivity index (χ0) is 12.1. The van der Waals surface area contributed by atoms with E-state index in [4.69, 9.17) is 15.5 Å². The molecule has 0 spiro atoms. The van der Waals surface area contributed by atoms with Crippen LogP contribution in [0.1, 0.15) is 36.4 Å². The van der Waals surface area contributed by atoms with Crippen molar-refractivity contribution in [3.8, 4) is 0 Å². The van der Waals surface area contributed by atoms with E-state index >= 15 is 0 Å². The predicted octanol–water partition coefficient (Wildman–Crippen LogP) is 1.08. The number of hydrogen-bond acceptors (Lipinski definition) is 5. The molecule has 90 valence electrons. The van der Waals surface area contributed by atoms with Crippen molar-refractivity contribution in [1.82, 2.24) is 10.5 Å². The Morgan fingerprint density at radius 1 is 1.62 bits per heavy atom. The first-order valence-corrected chi connectivity index (χ1v) is 5.18. The number of nitrogens with zero attached hydrogens (tertiary/aromatic N) is 2. The van der Waals surface area contributed by atoms with Crippen LogP contribution in [0.4, 0.5) is 0 Å². The molecule has 0 fully saturated rings. The highest BCUT2D eigenvalue weighted by molar-refractivity contribution is 5.79. The summed E-state index contributed by atoms with van der Waals surface area (Å²) in [5.74, 6) is 1.04. The van der Waals surface area contributed by atoms with Gasteiger partial charge in [0.25, 0.3) is 0 Å². The van der Waals surface area contributed by atoms with Crippen LogP contribution < -0.4 is 11.1 Å². The van der Waals surface area contributed by atoms with Gasteiger partial charge in [-0.3, -0.25) is 0 Å². The van der Waals surface area contributed by atoms with Crippen LogP contribution in [-0.2, 0) is 0 Å². The number of rotatable bonds is 5. The molecule has 16 heavy (non-hydrogen) atoms. The summed E-state index contributed by atoms with van der Waals surface area (Å²) in [7, 11) is 0. The first-order valence-electron chi connectivity index (χ1n) is 5.18. The van der Waals surface area contributed by atoms with Crippen molar-refractivity contribution in [1.29, 1.82) is 0 Å². The van der Waals surface area contributed by atoms with Gasteiger partial charge in [0, 0.05) is 24.6 Å². The van der Waals surface area contributed by atoms with E-state index in [2.05, 4.69) is 15.6 Å². The third-order valence-electron chi connectivity index (χ3n) is 2.48. The second-order valence-electron chi connectivity index (χ2n) is 3.75. The Bertz CT molecular complexity index is 353. The Morgan fingerprint density at radius 3 is 2.81 bits per heavy atom. The molecule has 1 atom stereocenters. The molecule has 1 heterocycles. The number of nitrogens with one attached hydrogen (secondary N) is 1. The van der Waals surface area contributed by atoms with Crippen LogP contribution in [0.15, 0.2) is 9.68 Å². The minimum absolute atomic E-state index is 0.137. The van der Waals surface area contributed by atoms with Crippen molar-refractivity contribution >= 4 is 5.84 Å². The molecule has 0 aliphatic carbocycles. The Balaban J connectivity index is 2.50. The molecule has 0 radical (unpaired) electrons. The summed E-state index contributed by atoms with van der Waals surface area (Å²) in [5.41, 5.74) is 7.33. The van der Waals surface area contributed by atoms with E-state index in [1.807, 2.05) is 20.8 Å². The molecule has 0 aliphatic heterocycles. The standard InChI is InChI=1S/C10H18N4O2/c1-6(12-5-4-9(11)13-15)10-7(2)14-16-8(10)3/h6,12,15H,4-5H2,1-3H3,(H2,11,13). The van der Waals surface area contributed by atoms with Gasteiger partial charge in [-0.05, 0) is 20.8 Å². The summed E-state index contributed by atoms with van der Waals surface area (Å²) in [6.07, 6.45) is 0.504. The summed E-state index contributed by atoms with van der Waals surface area (Å²) < 4.78 is 5.09. The van der Waals surface area contributed by atoms with Gasteiger partial charge in [-0.25, -0.2) is 0 Å². The Hall–Kier alpha value is -1.56. The minimum atomic E-state index is 0.137. The Labute approximate surface area is 94.5 Å². The highest BCUT2D eigenvalue weighted by Crippen LogP contribution is 2.20. The molecule has 1 aromatic rings. The lowest BCUT2D eigenvalue weighted by Crippen LogP contribution is -2.25. The fourth-order valence-corrected chi connectivity index (χ4v) is 1.68. The van der Waals surface area contributed by atoms with Crippen LogP contribution >= 0.6 is 0 Å². The first kappa shape index (κ1) is 12.5. The van der Waals surface area contributed by atoms with Gasteiger partial charge in [0.15, 0.2) is 0 Å². The number of oxime groups is 1. The quantitative estimate of drug-likeness (QED) is 0.302. The summed E-state index contributed by atoms with van der Waals surface area (Å²) in [6, 6.07) is 0.137. The average molecular weight is 226 g/mol. The van der Waals surface area contributed by atoms with Gasteiger partial charge in [-0.1, -0.05) is 10.3 Å². The van der Waals surface area contributed by atoms with Crippen molar-refractivity contribution in [3.05, 3.63) is 17.0 Å². The molecular weight excluding hydrogens is 208 g/mol. The third kappa shape index (κ3) is 2.96. The fraction of sp³-hybridized carbons (Fsp3) is 0.600. The molecule has 4 N–H and O–H groups in total. The molecule has 0 amide bonds. The number of amidine groups is 1. The maximum atomic E-state index is 8.38. The molecule has 0 saturated heterocycles. The third-order valence-corrected chi connectivity index (χ3v) is 2.48. The molecule has 0 saturated carbocycles. The average Bonchev–Trinajstić information content (AvgIpc) is 2.58. The smallest absolute Gasteiger partial charge is 0.140 e. The first-order chi connectivity index (χ1) is 7.56. The van der Waals surface area contributed by atoms with Gasteiger partial charge in [0.05, 0.1) is 5.69 Å². The normalized spacial score (nSPS) is 14.1. The number of aromatic nitrogens is 1. The van der Waals surface area contributed by atoms with Crippen LogP contribution in [0.3, 0.4) is 0 Å². The van der Waals surface area contributed by atoms with E-state index in [1.165, 1.54) is 0 Å². The van der Waals surface area contributed by atoms with Gasteiger partial charge < -0.3 is 20.8 Å². The lowest BCUT2D eigenvalue weighted by atomic mass is 10.1. The molecular formula is C10H18N4O2. The lowest BCUT2D eigenvalue weighted by molar-refractivity contribution is 0.316. The Morgan fingerprint density at radius 2 is 2.31 bits per heavy atom. The number of nitrogens with two attached hydrogens (primary N) is 1. The number of hydrogen-bond donors (Lipinski definition) is 3. The molecule has 1 aromatic heterocycles. The second kappa shape index (κ2) is 5.50. The molecule has 0 aromatic carbocycles. The van der Waals surface area contributed by atoms with E-state index in [9.17, 15) is 0 Å².